The van der Waals surface area contributed by atoms with E-state index in [1.165, 1.54) is 16.7 Å². The van der Waals surface area contributed by atoms with E-state index in [1.54, 1.807) is 7.11 Å². The van der Waals surface area contributed by atoms with Crippen LogP contribution < -0.4 is 19.9 Å². The zero-order valence-corrected chi connectivity index (χ0v) is 18.9. The molecule has 1 unspecified atom stereocenters. The number of methoxy groups -OCH3 is 1. The highest BCUT2D eigenvalue weighted by atomic mass is 16.5. The molecule has 1 aliphatic heterocycles. The van der Waals surface area contributed by atoms with Crippen LogP contribution in [0.15, 0.2) is 41.8 Å². The van der Waals surface area contributed by atoms with Crippen molar-refractivity contribution >= 4 is 0 Å². The van der Waals surface area contributed by atoms with Crippen molar-refractivity contribution in [3.63, 3.8) is 0 Å². The van der Waals surface area contributed by atoms with E-state index in [0.29, 0.717) is 29.6 Å². The van der Waals surface area contributed by atoms with Gasteiger partial charge in [-0.05, 0) is 62.1 Å². The summed E-state index contributed by atoms with van der Waals surface area (Å²) in [6.45, 7) is 8.60. The smallest absolute Gasteiger partial charge is 0.244 e. The number of ether oxygens (including phenoxy) is 3. The number of aryl methyl sites for hydroxylation is 4. The van der Waals surface area contributed by atoms with Crippen molar-refractivity contribution in [1.82, 2.24) is 10.2 Å². The number of allylic oxidation sites excluding steroid dienone is 1. The minimum absolute atomic E-state index is 0.0566. The molecule has 2 heterocycles. The molecule has 0 saturated carbocycles. The van der Waals surface area contributed by atoms with E-state index in [9.17, 15) is 5.26 Å². The van der Waals surface area contributed by atoms with Gasteiger partial charge in [-0.3, -0.25) is 5.10 Å². The van der Waals surface area contributed by atoms with E-state index in [0.717, 1.165) is 22.4 Å². The van der Waals surface area contributed by atoms with E-state index < -0.39 is 5.92 Å². The first kappa shape index (κ1) is 21.3. The Morgan fingerprint density at radius 3 is 2.50 bits per heavy atom. The number of benzene rings is 2. The van der Waals surface area contributed by atoms with Gasteiger partial charge in [0.2, 0.25) is 11.8 Å². The second kappa shape index (κ2) is 8.31. The molecule has 164 valence electrons. The van der Waals surface area contributed by atoms with E-state index in [2.05, 4.69) is 49.2 Å². The van der Waals surface area contributed by atoms with E-state index in [4.69, 9.17) is 19.9 Å². The van der Waals surface area contributed by atoms with Gasteiger partial charge in [0.25, 0.3) is 0 Å². The van der Waals surface area contributed by atoms with Crippen LogP contribution in [0.3, 0.4) is 0 Å². The monoisotopic (exact) mass is 430 g/mol. The number of nitrogens with one attached hydrogen (secondary N) is 1. The van der Waals surface area contributed by atoms with Crippen LogP contribution in [0.4, 0.5) is 0 Å². The first-order valence-corrected chi connectivity index (χ1v) is 10.3. The Hall–Kier alpha value is -3.92. The predicted octanol–water partition coefficient (Wildman–Crippen LogP) is 4.45. The molecule has 0 saturated heterocycles. The summed E-state index contributed by atoms with van der Waals surface area (Å²) < 4.78 is 17.3. The third kappa shape index (κ3) is 3.65. The van der Waals surface area contributed by atoms with Gasteiger partial charge in [0, 0.05) is 11.3 Å². The van der Waals surface area contributed by atoms with E-state index in [-0.39, 0.29) is 5.88 Å². The van der Waals surface area contributed by atoms with Gasteiger partial charge in [-0.2, -0.15) is 5.26 Å². The van der Waals surface area contributed by atoms with Crippen LogP contribution in [0.5, 0.6) is 17.4 Å². The number of aromatic amines is 1. The molecule has 0 fully saturated rings. The quantitative estimate of drug-likeness (QED) is 0.619. The number of aromatic nitrogens is 2. The van der Waals surface area contributed by atoms with Crippen LogP contribution in [0.2, 0.25) is 0 Å². The molecule has 0 radical (unpaired) electrons. The standard InChI is InChI=1S/C25H26N4O3/c1-13-8-14(2)19(15(3)9-13)12-31-20-7-6-17(10-21(20)30-5)23-18(11-26)24(27)32-25-22(23)16(4)28-29-25/h6-10,23H,12,27H2,1-5H3,(H,28,29). The molecule has 1 aliphatic rings. The summed E-state index contributed by atoms with van der Waals surface area (Å²) in [6, 6.07) is 12.2. The number of hydrogen-bond acceptors (Lipinski definition) is 6. The molecule has 3 N–H and O–H groups in total. The Morgan fingerprint density at radius 1 is 1.12 bits per heavy atom. The molecule has 0 amide bonds. The normalized spacial score (nSPS) is 15.1. The van der Waals surface area contributed by atoms with Crippen molar-refractivity contribution < 1.29 is 14.2 Å². The van der Waals surface area contributed by atoms with Crippen LogP contribution in [0.1, 0.15) is 45.0 Å². The number of hydrogen-bond donors (Lipinski definition) is 2. The molecule has 2 aromatic carbocycles. The van der Waals surface area contributed by atoms with Gasteiger partial charge >= 0.3 is 0 Å². The maximum absolute atomic E-state index is 9.76. The lowest BCUT2D eigenvalue weighted by molar-refractivity contribution is 0.283. The lowest BCUT2D eigenvalue weighted by Crippen LogP contribution is -2.21. The molecule has 1 aromatic heterocycles. The van der Waals surface area contributed by atoms with Crippen LogP contribution >= 0.6 is 0 Å². The number of nitrogens with zero attached hydrogens (tertiary/aromatic N) is 2. The Balaban J connectivity index is 1.69. The topological polar surface area (TPSA) is 106 Å². The number of rotatable bonds is 5. The van der Waals surface area contributed by atoms with Gasteiger partial charge in [-0.25, -0.2) is 0 Å². The summed E-state index contributed by atoms with van der Waals surface area (Å²) in [7, 11) is 1.60. The van der Waals surface area contributed by atoms with Gasteiger partial charge in [0.05, 0.1) is 13.0 Å². The summed E-state index contributed by atoms with van der Waals surface area (Å²) in [5.41, 5.74) is 13.6. The fraction of sp³-hybridized carbons (Fsp3) is 0.280. The number of H-pyrrole nitrogens is 1. The zero-order valence-electron chi connectivity index (χ0n) is 18.9. The first-order chi connectivity index (χ1) is 15.3. The SMILES string of the molecule is COc1cc(C2C(C#N)=C(N)Oc3n[nH]c(C)c32)ccc1OCc1c(C)cc(C)cc1C. The Bertz CT molecular complexity index is 1240. The molecular weight excluding hydrogens is 404 g/mol. The number of nitriles is 1. The van der Waals surface area contributed by atoms with Gasteiger partial charge in [-0.1, -0.05) is 23.8 Å². The fourth-order valence-electron chi connectivity index (χ4n) is 4.30. The maximum atomic E-state index is 9.76. The average molecular weight is 431 g/mol. The van der Waals surface area contributed by atoms with Crippen LogP contribution in [-0.4, -0.2) is 17.3 Å². The molecule has 7 nitrogen and oxygen atoms in total. The van der Waals surface area contributed by atoms with Crippen LogP contribution in [-0.2, 0) is 6.61 Å². The highest BCUT2D eigenvalue weighted by molar-refractivity contribution is 5.57. The highest BCUT2D eigenvalue weighted by Gasteiger charge is 2.34. The van der Waals surface area contributed by atoms with Gasteiger partial charge < -0.3 is 19.9 Å². The molecule has 4 rings (SSSR count). The summed E-state index contributed by atoms with van der Waals surface area (Å²) in [6.07, 6.45) is 0. The molecule has 0 spiro atoms. The Morgan fingerprint density at radius 2 is 1.84 bits per heavy atom. The fourth-order valence-corrected chi connectivity index (χ4v) is 4.30. The molecule has 1 atom stereocenters. The average Bonchev–Trinajstić information content (AvgIpc) is 3.12. The predicted molar refractivity (Wildman–Crippen MR) is 121 cm³/mol. The maximum Gasteiger partial charge on any atom is 0.244 e. The van der Waals surface area contributed by atoms with Crippen molar-refractivity contribution in [1.29, 1.82) is 5.26 Å². The summed E-state index contributed by atoms with van der Waals surface area (Å²) in [5.74, 6) is 1.24. The molecule has 7 heteroatoms. The summed E-state index contributed by atoms with van der Waals surface area (Å²) in [5, 5.41) is 16.8. The van der Waals surface area contributed by atoms with Gasteiger partial charge in [0.15, 0.2) is 11.5 Å². The van der Waals surface area contributed by atoms with Crippen LogP contribution in [0.25, 0.3) is 0 Å². The first-order valence-electron chi connectivity index (χ1n) is 10.3. The van der Waals surface area contributed by atoms with Gasteiger partial charge in [0.1, 0.15) is 18.2 Å². The zero-order chi connectivity index (χ0) is 23.0. The van der Waals surface area contributed by atoms with Crippen molar-refractivity contribution in [2.24, 2.45) is 5.73 Å². The third-order valence-electron chi connectivity index (χ3n) is 5.86. The van der Waals surface area contributed by atoms with E-state index in [1.807, 2.05) is 25.1 Å². The second-order valence-electron chi connectivity index (χ2n) is 8.07. The summed E-state index contributed by atoms with van der Waals surface area (Å²) >= 11 is 0. The second-order valence-corrected chi connectivity index (χ2v) is 8.07. The Kier molecular flexibility index (Phi) is 5.54. The summed E-state index contributed by atoms with van der Waals surface area (Å²) in [4.78, 5) is 0. The van der Waals surface area contributed by atoms with Crippen LogP contribution in [0, 0.1) is 39.0 Å². The molecule has 0 bridgehead atoms. The highest BCUT2D eigenvalue weighted by Crippen LogP contribution is 2.44. The lowest BCUT2D eigenvalue weighted by atomic mass is 9.84. The number of fused-ring (bicyclic) bond motifs is 1. The molecule has 3 aromatic rings. The number of nitrogens with two attached hydrogens (primary N) is 1. The third-order valence-corrected chi connectivity index (χ3v) is 5.86. The van der Waals surface area contributed by atoms with Gasteiger partial charge in [-0.15, -0.1) is 5.10 Å². The van der Waals surface area contributed by atoms with Crippen molar-refractivity contribution in [3.8, 4) is 23.4 Å². The van der Waals surface area contributed by atoms with E-state index >= 15 is 0 Å². The van der Waals surface area contributed by atoms with Crippen molar-refractivity contribution in [3.05, 3.63) is 80.9 Å². The molecule has 32 heavy (non-hydrogen) atoms. The largest absolute Gasteiger partial charge is 0.493 e. The minimum atomic E-state index is -0.410. The molecule has 0 aliphatic carbocycles. The molecular formula is C25H26N4O3. The minimum Gasteiger partial charge on any atom is -0.493 e. The van der Waals surface area contributed by atoms with Crippen molar-refractivity contribution in [2.45, 2.75) is 40.2 Å². The Labute approximate surface area is 187 Å². The van der Waals surface area contributed by atoms with Crippen molar-refractivity contribution in [2.75, 3.05) is 7.11 Å². The lowest BCUT2D eigenvalue weighted by Gasteiger charge is -2.24.